The number of hydrogen-bond donors (Lipinski definition) is 1. The van der Waals surface area contributed by atoms with Gasteiger partial charge in [-0.2, -0.15) is 5.10 Å². The summed E-state index contributed by atoms with van der Waals surface area (Å²) in [5.41, 5.74) is 7.15. The molecule has 1 fully saturated rings. The van der Waals surface area contributed by atoms with Gasteiger partial charge in [0.25, 0.3) is 0 Å². The van der Waals surface area contributed by atoms with E-state index in [1.165, 1.54) is 5.56 Å². The first-order chi connectivity index (χ1) is 5.98. The molecule has 0 unspecified atom stereocenters. The highest BCUT2D eigenvalue weighted by molar-refractivity contribution is 5.22. The molecule has 2 N–H and O–H groups in total. The molecule has 0 aliphatic heterocycles. The Hall–Kier alpha value is -0.830. The van der Waals surface area contributed by atoms with Gasteiger partial charge in [0.15, 0.2) is 0 Å². The van der Waals surface area contributed by atoms with Gasteiger partial charge in [-0.1, -0.05) is 0 Å². The molecule has 0 radical (unpaired) electrons. The minimum Gasteiger partial charge on any atom is -0.327 e. The van der Waals surface area contributed by atoms with Crippen molar-refractivity contribution in [2.75, 3.05) is 0 Å². The summed E-state index contributed by atoms with van der Waals surface area (Å²) in [7, 11) is 0. The molecule has 1 heterocycles. The Bertz CT molecular complexity index is 308. The van der Waals surface area contributed by atoms with Gasteiger partial charge in [0, 0.05) is 18.2 Å². The Labute approximate surface area is 78.9 Å². The van der Waals surface area contributed by atoms with Crippen LogP contribution in [0, 0.1) is 0 Å². The Kier molecular flexibility index (Phi) is 1.74. The molecule has 2 rings (SSSR count). The molecule has 2 atom stereocenters. The van der Waals surface area contributed by atoms with E-state index < -0.39 is 0 Å². The van der Waals surface area contributed by atoms with Crippen LogP contribution in [0.1, 0.15) is 38.7 Å². The van der Waals surface area contributed by atoms with Crippen LogP contribution in [0.15, 0.2) is 12.4 Å². The van der Waals surface area contributed by atoms with Gasteiger partial charge in [0.05, 0.1) is 11.7 Å². The first-order valence-corrected chi connectivity index (χ1v) is 4.79. The molecule has 1 aromatic heterocycles. The van der Waals surface area contributed by atoms with Crippen molar-refractivity contribution in [3.05, 3.63) is 18.0 Å². The third kappa shape index (κ3) is 1.61. The van der Waals surface area contributed by atoms with Crippen LogP contribution in [0.3, 0.4) is 0 Å². The van der Waals surface area contributed by atoms with Crippen LogP contribution in [-0.2, 0) is 5.54 Å². The molecule has 3 nitrogen and oxygen atoms in total. The molecule has 72 valence electrons. The maximum absolute atomic E-state index is 5.78. The fourth-order valence-electron chi connectivity index (χ4n) is 1.49. The lowest BCUT2D eigenvalue weighted by Gasteiger charge is -2.18. The quantitative estimate of drug-likeness (QED) is 0.709. The summed E-state index contributed by atoms with van der Waals surface area (Å²) >= 11 is 0. The van der Waals surface area contributed by atoms with Crippen LogP contribution < -0.4 is 5.73 Å². The number of aromatic nitrogens is 2. The molecule has 0 aromatic carbocycles. The van der Waals surface area contributed by atoms with Gasteiger partial charge in [0.2, 0.25) is 0 Å². The first-order valence-electron chi connectivity index (χ1n) is 4.79. The SMILES string of the molecule is CC(C)(C)n1cc([C@@H]2C[C@H]2N)cn1. The topological polar surface area (TPSA) is 43.8 Å². The van der Waals surface area contributed by atoms with E-state index in [9.17, 15) is 0 Å². The maximum atomic E-state index is 5.78. The molecule has 13 heavy (non-hydrogen) atoms. The fourth-order valence-corrected chi connectivity index (χ4v) is 1.49. The second-order valence-corrected chi connectivity index (χ2v) is 4.90. The highest BCUT2D eigenvalue weighted by Crippen LogP contribution is 2.38. The van der Waals surface area contributed by atoms with Crippen LogP contribution in [0.25, 0.3) is 0 Å². The van der Waals surface area contributed by atoms with Crippen LogP contribution in [0.5, 0.6) is 0 Å². The minimum absolute atomic E-state index is 0.0806. The van der Waals surface area contributed by atoms with E-state index in [0.717, 1.165) is 6.42 Å². The average Bonchev–Trinajstić information content (AvgIpc) is 2.57. The van der Waals surface area contributed by atoms with Crippen molar-refractivity contribution in [1.82, 2.24) is 9.78 Å². The van der Waals surface area contributed by atoms with Gasteiger partial charge < -0.3 is 5.73 Å². The number of hydrogen-bond acceptors (Lipinski definition) is 2. The van der Waals surface area contributed by atoms with Crippen LogP contribution in [-0.4, -0.2) is 15.8 Å². The van der Waals surface area contributed by atoms with E-state index in [4.69, 9.17) is 5.73 Å². The largest absolute Gasteiger partial charge is 0.327 e. The Morgan fingerprint density at radius 2 is 2.15 bits per heavy atom. The third-order valence-corrected chi connectivity index (χ3v) is 2.56. The van der Waals surface area contributed by atoms with Gasteiger partial charge >= 0.3 is 0 Å². The lowest BCUT2D eigenvalue weighted by Crippen LogP contribution is -2.21. The maximum Gasteiger partial charge on any atom is 0.0543 e. The van der Waals surface area contributed by atoms with Crippen molar-refractivity contribution in [3.63, 3.8) is 0 Å². The summed E-state index contributed by atoms with van der Waals surface area (Å²) < 4.78 is 2.01. The second-order valence-electron chi connectivity index (χ2n) is 4.90. The molecule has 1 aliphatic carbocycles. The van der Waals surface area contributed by atoms with Crippen molar-refractivity contribution in [2.45, 2.75) is 44.7 Å². The lowest BCUT2D eigenvalue weighted by atomic mass is 10.1. The number of nitrogens with zero attached hydrogens (tertiary/aromatic N) is 2. The summed E-state index contributed by atoms with van der Waals surface area (Å²) in [4.78, 5) is 0. The van der Waals surface area contributed by atoms with Gasteiger partial charge in [-0.15, -0.1) is 0 Å². The predicted octanol–water partition coefficient (Wildman–Crippen LogP) is 1.45. The highest BCUT2D eigenvalue weighted by atomic mass is 15.3. The zero-order valence-corrected chi connectivity index (χ0v) is 8.49. The van der Waals surface area contributed by atoms with Crippen LogP contribution in [0.4, 0.5) is 0 Å². The molecule has 0 amide bonds. The summed E-state index contributed by atoms with van der Waals surface area (Å²) in [5, 5.41) is 4.34. The molecule has 1 saturated carbocycles. The summed E-state index contributed by atoms with van der Waals surface area (Å²) in [6.45, 7) is 6.45. The summed E-state index contributed by atoms with van der Waals surface area (Å²) in [6.07, 6.45) is 5.19. The molecule has 0 spiro atoms. The third-order valence-electron chi connectivity index (χ3n) is 2.56. The first kappa shape index (κ1) is 8.75. The van der Waals surface area contributed by atoms with E-state index in [2.05, 4.69) is 32.1 Å². The molecule has 0 bridgehead atoms. The molecule has 1 aromatic rings. The molecule has 1 aliphatic rings. The zero-order chi connectivity index (χ0) is 9.64. The van der Waals surface area contributed by atoms with E-state index in [-0.39, 0.29) is 5.54 Å². The average molecular weight is 179 g/mol. The zero-order valence-electron chi connectivity index (χ0n) is 8.49. The van der Waals surface area contributed by atoms with Crippen molar-refractivity contribution in [2.24, 2.45) is 5.73 Å². The Balaban J connectivity index is 2.19. The van der Waals surface area contributed by atoms with Gasteiger partial charge in [0.1, 0.15) is 0 Å². The number of rotatable bonds is 1. The van der Waals surface area contributed by atoms with E-state index >= 15 is 0 Å². The molecule has 0 saturated heterocycles. The van der Waals surface area contributed by atoms with Gasteiger partial charge in [-0.05, 0) is 32.8 Å². The van der Waals surface area contributed by atoms with Gasteiger partial charge in [-0.25, -0.2) is 0 Å². The van der Waals surface area contributed by atoms with E-state index in [1.807, 2.05) is 10.9 Å². The fraction of sp³-hybridized carbons (Fsp3) is 0.700. The summed E-state index contributed by atoms with van der Waals surface area (Å²) in [6, 6.07) is 0.373. The predicted molar refractivity (Wildman–Crippen MR) is 52.6 cm³/mol. The van der Waals surface area contributed by atoms with E-state index in [0.29, 0.717) is 12.0 Å². The van der Waals surface area contributed by atoms with Gasteiger partial charge in [-0.3, -0.25) is 4.68 Å². The number of nitrogens with two attached hydrogens (primary N) is 1. The normalized spacial score (nSPS) is 27.7. The standard InChI is InChI=1S/C10H17N3/c1-10(2,3)13-6-7(5-12-13)8-4-9(8)11/h5-6,8-9H,4,11H2,1-3H3/t8-,9+/m0/s1. The Morgan fingerprint density at radius 1 is 1.54 bits per heavy atom. The second kappa shape index (κ2) is 2.58. The molecular formula is C10H17N3. The van der Waals surface area contributed by atoms with Crippen molar-refractivity contribution < 1.29 is 0 Å². The van der Waals surface area contributed by atoms with Crippen LogP contribution in [0.2, 0.25) is 0 Å². The minimum atomic E-state index is 0.0806. The monoisotopic (exact) mass is 179 g/mol. The Morgan fingerprint density at radius 3 is 2.54 bits per heavy atom. The van der Waals surface area contributed by atoms with Crippen molar-refractivity contribution >= 4 is 0 Å². The van der Waals surface area contributed by atoms with Crippen LogP contribution >= 0.6 is 0 Å². The van der Waals surface area contributed by atoms with Crippen molar-refractivity contribution in [1.29, 1.82) is 0 Å². The van der Waals surface area contributed by atoms with E-state index in [1.54, 1.807) is 0 Å². The lowest BCUT2D eigenvalue weighted by molar-refractivity contribution is 0.355. The highest BCUT2D eigenvalue weighted by Gasteiger charge is 2.36. The molecule has 3 heteroatoms. The molecular weight excluding hydrogens is 162 g/mol. The van der Waals surface area contributed by atoms with Crippen molar-refractivity contribution in [3.8, 4) is 0 Å². The summed E-state index contributed by atoms with van der Waals surface area (Å²) in [5.74, 6) is 0.566. The smallest absolute Gasteiger partial charge is 0.0543 e.